The number of hydrogen-bond donors (Lipinski definition) is 2. The molecule has 1 aliphatic carbocycles. The minimum absolute atomic E-state index is 0.0307. The Balaban J connectivity index is 1.37. The van der Waals surface area contributed by atoms with Crippen LogP contribution in [-0.4, -0.2) is 48.4 Å². The van der Waals surface area contributed by atoms with Crippen molar-refractivity contribution in [1.29, 1.82) is 0 Å². The first-order valence-corrected chi connectivity index (χ1v) is 12.9. The lowest BCUT2D eigenvalue weighted by atomic mass is 9.95. The van der Waals surface area contributed by atoms with Crippen molar-refractivity contribution in [3.63, 3.8) is 0 Å². The molecular weight excluding hydrogens is 518 g/mol. The SMILES string of the molecule is CO[n+]1cc(-c2cc(Cl)ccc2-n2cnnn2)ccc1C(CC1CC1)c1ncc(-c2ccc(C(=O)O)cc2)[nH]1. The van der Waals surface area contributed by atoms with Crippen molar-refractivity contribution in [2.75, 3.05) is 7.11 Å². The molecule has 11 heteroatoms. The number of aromatic carboxylic acids is 1. The highest BCUT2D eigenvalue weighted by atomic mass is 35.5. The quantitative estimate of drug-likeness (QED) is 0.265. The fourth-order valence-electron chi connectivity index (χ4n) is 4.80. The summed E-state index contributed by atoms with van der Waals surface area (Å²) in [4.78, 5) is 25.3. The van der Waals surface area contributed by atoms with Crippen LogP contribution in [0, 0.1) is 5.92 Å². The van der Waals surface area contributed by atoms with E-state index in [4.69, 9.17) is 21.4 Å². The second-order valence-corrected chi connectivity index (χ2v) is 10.00. The summed E-state index contributed by atoms with van der Waals surface area (Å²) in [5.74, 6) is 0.473. The van der Waals surface area contributed by atoms with E-state index in [2.05, 4.69) is 26.6 Å². The van der Waals surface area contributed by atoms with Gasteiger partial charge in [0.1, 0.15) is 25.2 Å². The normalized spacial score (nSPS) is 13.8. The number of nitrogens with one attached hydrogen (secondary N) is 1. The van der Waals surface area contributed by atoms with Crippen LogP contribution >= 0.6 is 11.6 Å². The fraction of sp³-hybridized carbons (Fsp3) is 0.214. The molecule has 1 unspecified atom stereocenters. The molecule has 0 radical (unpaired) electrons. The maximum absolute atomic E-state index is 11.2. The Hall–Kier alpha value is -4.57. The van der Waals surface area contributed by atoms with Crippen molar-refractivity contribution in [2.24, 2.45) is 5.92 Å². The van der Waals surface area contributed by atoms with E-state index in [1.807, 2.05) is 24.4 Å². The van der Waals surface area contributed by atoms with Gasteiger partial charge in [0, 0.05) is 21.4 Å². The van der Waals surface area contributed by atoms with Crippen LogP contribution in [0.25, 0.3) is 28.1 Å². The van der Waals surface area contributed by atoms with Gasteiger partial charge in [0.15, 0.2) is 0 Å². The van der Waals surface area contributed by atoms with Crippen LogP contribution in [0.2, 0.25) is 5.02 Å². The molecule has 2 N–H and O–H groups in total. The summed E-state index contributed by atoms with van der Waals surface area (Å²) in [6.45, 7) is 0. The van der Waals surface area contributed by atoms with Crippen LogP contribution in [0.4, 0.5) is 0 Å². The molecule has 0 aliphatic heterocycles. The Morgan fingerprint density at radius 3 is 2.67 bits per heavy atom. The molecule has 196 valence electrons. The van der Waals surface area contributed by atoms with Crippen LogP contribution in [0.5, 0.6) is 0 Å². The number of carbonyl (C=O) groups is 1. The molecule has 3 aromatic heterocycles. The molecule has 3 heterocycles. The van der Waals surface area contributed by atoms with E-state index in [1.54, 1.807) is 59.4 Å². The monoisotopic (exact) mass is 542 g/mol. The van der Waals surface area contributed by atoms with Gasteiger partial charge in [-0.15, -0.1) is 5.10 Å². The van der Waals surface area contributed by atoms with Gasteiger partial charge in [-0.05, 0) is 64.7 Å². The van der Waals surface area contributed by atoms with Crippen molar-refractivity contribution in [1.82, 2.24) is 30.2 Å². The van der Waals surface area contributed by atoms with Gasteiger partial charge in [0.05, 0.1) is 28.7 Å². The lowest BCUT2D eigenvalue weighted by Crippen LogP contribution is -2.45. The van der Waals surface area contributed by atoms with E-state index in [0.717, 1.165) is 46.0 Å². The highest BCUT2D eigenvalue weighted by Crippen LogP contribution is 2.41. The van der Waals surface area contributed by atoms with Gasteiger partial charge in [-0.2, -0.15) is 4.68 Å². The van der Waals surface area contributed by atoms with Gasteiger partial charge < -0.3 is 10.1 Å². The summed E-state index contributed by atoms with van der Waals surface area (Å²) in [6.07, 6.45) is 8.60. The number of benzene rings is 2. The van der Waals surface area contributed by atoms with E-state index in [9.17, 15) is 9.90 Å². The predicted molar refractivity (Wildman–Crippen MR) is 142 cm³/mol. The van der Waals surface area contributed by atoms with Crippen molar-refractivity contribution < 1.29 is 19.5 Å². The van der Waals surface area contributed by atoms with Gasteiger partial charge in [0.25, 0.3) is 0 Å². The number of rotatable bonds is 9. The first-order chi connectivity index (χ1) is 19.0. The summed E-state index contributed by atoms with van der Waals surface area (Å²) in [6, 6.07) is 16.4. The van der Waals surface area contributed by atoms with Crippen molar-refractivity contribution in [3.05, 3.63) is 95.4 Å². The van der Waals surface area contributed by atoms with Gasteiger partial charge >= 0.3 is 5.97 Å². The Labute approximate surface area is 228 Å². The topological polar surface area (TPSA) is 123 Å². The van der Waals surface area contributed by atoms with Crippen LogP contribution in [0.1, 0.15) is 47.1 Å². The average molecular weight is 543 g/mol. The minimum Gasteiger partial charge on any atom is -0.478 e. The fourth-order valence-corrected chi connectivity index (χ4v) is 4.97. The first kappa shape index (κ1) is 24.7. The average Bonchev–Trinajstić information content (AvgIpc) is 3.38. The van der Waals surface area contributed by atoms with E-state index < -0.39 is 5.97 Å². The van der Waals surface area contributed by atoms with Gasteiger partial charge in [-0.25, -0.2) is 9.78 Å². The lowest BCUT2D eigenvalue weighted by Gasteiger charge is -2.14. The van der Waals surface area contributed by atoms with E-state index in [1.165, 1.54) is 12.8 Å². The van der Waals surface area contributed by atoms with E-state index >= 15 is 0 Å². The van der Waals surface area contributed by atoms with Crippen molar-refractivity contribution in [3.8, 4) is 28.1 Å². The summed E-state index contributed by atoms with van der Waals surface area (Å²) in [5.41, 5.74) is 5.44. The molecule has 1 saturated carbocycles. The summed E-state index contributed by atoms with van der Waals surface area (Å²) in [7, 11) is 1.64. The minimum atomic E-state index is -0.952. The maximum atomic E-state index is 11.2. The van der Waals surface area contributed by atoms with Crippen LogP contribution in [0.15, 0.2) is 73.3 Å². The number of H-pyrrole nitrogens is 1. The van der Waals surface area contributed by atoms with Crippen LogP contribution in [0.3, 0.4) is 0 Å². The number of tetrazole rings is 1. The zero-order chi connectivity index (χ0) is 26.9. The molecule has 0 saturated heterocycles. The number of aromatic nitrogens is 7. The number of imidazole rings is 1. The van der Waals surface area contributed by atoms with E-state index in [0.29, 0.717) is 10.9 Å². The third-order valence-electron chi connectivity index (χ3n) is 7.00. The third kappa shape index (κ3) is 5.10. The van der Waals surface area contributed by atoms with Gasteiger partial charge in [-0.3, -0.25) is 4.84 Å². The molecule has 1 fully saturated rings. The highest BCUT2D eigenvalue weighted by Gasteiger charge is 2.35. The highest BCUT2D eigenvalue weighted by molar-refractivity contribution is 6.31. The van der Waals surface area contributed by atoms with Crippen LogP contribution in [-0.2, 0) is 0 Å². The van der Waals surface area contributed by atoms with Crippen LogP contribution < -0.4 is 9.57 Å². The third-order valence-corrected chi connectivity index (χ3v) is 7.23. The number of hydrogen-bond acceptors (Lipinski definition) is 6. The molecule has 39 heavy (non-hydrogen) atoms. The number of carboxylic acids is 1. The molecule has 0 amide bonds. The zero-order valence-corrected chi connectivity index (χ0v) is 21.8. The summed E-state index contributed by atoms with van der Waals surface area (Å²) >= 11 is 6.36. The molecule has 6 rings (SSSR count). The van der Waals surface area contributed by atoms with Gasteiger partial charge in [-0.1, -0.05) is 36.6 Å². The summed E-state index contributed by atoms with van der Waals surface area (Å²) < 4.78 is 3.37. The Morgan fingerprint density at radius 1 is 1.18 bits per heavy atom. The largest absolute Gasteiger partial charge is 0.478 e. The second-order valence-electron chi connectivity index (χ2n) is 9.56. The number of pyridine rings is 1. The molecule has 1 aliphatic rings. The van der Waals surface area contributed by atoms with Gasteiger partial charge in [0.2, 0.25) is 11.9 Å². The molecule has 0 bridgehead atoms. The Bertz CT molecular complexity index is 1630. The molecule has 5 aromatic rings. The summed E-state index contributed by atoms with van der Waals surface area (Å²) in [5, 5.41) is 21.4. The molecule has 1 atom stereocenters. The number of carboxylic acid groups (broad SMARTS) is 1. The second kappa shape index (κ2) is 10.3. The molecular formula is C28H25ClN7O3+. The number of aromatic amines is 1. The molecule has 2 aromatic carbocycles. The van der Waals surface area contributed by atoms with Crippen molar-refractivity contribution >= 4 is 17.6 Å². The zero-order valence-electron chi connectivity index (χ0n) is 21.0. The number of nitrogens with zero attached hydrogens (tertiary/aromatic N) is 6. The smallest absolute Gasteiger partial charge is 0.335 e. The van der Waals surface area contributed by atoms with Crippen molar-refractivity contribution in [2.45, 2.75) is 25.2 Å². The Kier molecular flexibility index (Phi) is 6.54. The standard InChI is InChI=1S/C28H24ClN7O3/c1-39-36-15-20(22-13-21(29)9-11-25(22)35-16-31-33-34-35)8-10-26(36)23(12-17-2-3-17)27-30-14-24(32-27)18-4-6-19(7-5-18)28(37)38/h4-11,13-17,23H,2-3,12H2,1H3,(H-,30,32,37,38)/p+1. The molecule has 10 nitrogen and oxygen atoms in total. The number of halogens is 1. The lowest BCUT2D eigenvalue weighted by molar-refractivity contribution is -0.890. The maximum Gasteiger partial charge on any atom is 0.335 e. The Morgan fingerprint density at radius 2 is 1.97 bits per heavy atom. The first-order valence-electron chi connectivity index (χ1n) is 12.5. The molecule has 0 spiro atoms. The van der Waals surface area contributed by atoms with E-state index in [-0.39, 0.29) is 11.5 Å². The predicted octanol–water partition coefficient (Wildman–Crippen LogP) is 4.35.